The number of carbonyl (C=O) groups is 1. The third kappa shape index (κ3) is 3.97. The summed E-state index contributed by atoms with van der Waals surface area (Å²) < 4.78 is 24.7. The van der Waals surface area contributed by atoms with Crippen LogP contribution >= 0.6 is 0 Å². The third-order valence-electron chi connectivity index (χ3n) is 5.50. The third-order valence-corrected chi connectivity index (χ3v) is 5.50. The Hall–Kier alpha value is -1.62. The molecule has 138 valence electrons. The topological polar surface area (TPSA) is 38.8 Å². The van der Waals surface area contributed by atoms with Crippen LogP contribution in [-0.4, -0.2) is 43.7 Å². The van der Waals surface area contributed by atoms with Gasteiger partial charge in [0, 0.05) is 19.2 Å². The van der Waals surface area contributed by atoms with Gasteiger partial charge in [-0.3, -0.25) is 4.79 Å². The van der Waals surface area contributed by atoms with Crippen molar-refractivity contribution in [2.45, 2.75) is 45.4 Å². The van der Waals surface area contributed by atoms with Crippen LogP contribution in [0, 0.1) is 11.2 Å². The maximum atomic E-state index is 13.4. The predicted molar refractivity (Wildman–Crippen MR) is 94.3 cm³/mol. The van der Waals surface area contributed by atoms with E-state index >= 15 is 0 Å². The second-order valence-electron chi connectivity index (χ2n) is 7.47. The second-order valence-corrected chi connectivity index (χ2v) is 7.47. The number of hydrogen-bond acceptors (Lipinski definition) is 3. The highest BCUT2D eigenvalue weighted by atomic mass is 19.1. The van der Waals surface area contributed by atoms with Gasteiger partial charge < -0.3 is 14.4 Å². The molecule has 2 aliphatic rings. The molecule has 1 saturated heterocycles. The van der Waals surface area contributed by atoms with Crippen molar-refractivity contribution < 1.29 is 18.7 Å². The fraction of sp³-hybridized carbons (Fsp3) is 0.650. The van der Waals surface area contributed by atoms with Gasteiger partial charge in [-0.2, -0.15) is 0 Å². The standard InChI is InChI=1S/C20H28FNO3/c1-15(2)17-5-4-16(21)14-18(17)25-13-12-24-11-10-22-9-8-20(19(22)23)6-3-7-20/h4-5,14-15H,3,6-13H2,1-2H3. The molecule has 3 rings (SSSR count). The molecule has 1 aliphatic heterocycles. The lowest BCUT2D eigenvalue weighted by Gasteiger charge is -2.36. The molecule has 25 heavy (non-hydrogen) atoms. The Kier molecular flexibility index (Phi) is 5.62. The van der Waals surface area contributed by atoms with Crippen molar-refractivity contribution >= 4 is 5.91 Å². The van der Waals surface area contributed by atoms with Gasteiger partial charge in [0.2, 0.25) is 5.91 Å². The summed E-state index contributed by atoms with van der Waals surface area (Å²) >= 11 is 0. The molecule has 4 nitrogen and oxygen atoms in total. The largest absolute Gasteiger partial charge is 0.491 e. The summed E-state index contributed by atoms with van der Waals surface area (Å²) in [5.41, 5.74) is 0.975. The zero-order valence-electron chi connectivity index (χ0n) is 15.2. The number of rotatable bonds is 8. The van der Waals surface area contributed by atoms with E-state index in [1.165, 1.54) is 18.6 Å². The molecule has 1 heterocycles. The minimum Gasteiger partial charge on any atom is -0.491 e. The van der Waals surface area contributed by atoms with Gasteiger partial charge in [-0.25, -0.2) is 4.39 Å². The summed E-state index contributed by atoms with van der Waals surface area (Å²) in [6.45, 7) is 6.95. The van der Waals surface area contributed by atoms with Crippen LogP contribution in [0.5, 0.6) is 5.75 Å². The van der Waals surface area contributed by atoms with Crippen molar-refractivity contribution in [3.05, 3.63) is 29.6 Å². The van der Waals surface area contributed by atoms with E-state index in [0.717, 1.165) is 31.4 Å². The van der Waals surface area contributed by atoms with Crippen molar-refractivity contribution in [2.24, 2.45) is 5.41 Å². The van der Waals surface area contributed by atoms with E-state index in [2.05, 4.69) is 13.8 Å². The summed E-state index contributed by atoms with van der Waals surface area (Å²) in [6.07, 6.45) is 4.31. The Morgan fingerprint density at radius 1 is 1.20 bits per heavy atom. The lowest BCUT2D eigenvalue weighted by molar-refractivity contribution is -0.140. The molecule has 5 heteroatoms. The van der Waals surface area contributed by atoms with Crippen LogP contribution < -0.4 is 4.74 Å². The van der Waals surface area contributed by atoms with Crippen molar-refractivity contribution in [1.82, 2.24) is 4.90 Å². The van der Waals surface area contributed by atoms with Gasteiger partial charge in [0.25, 0.3) is 0 Å². The van der Waals surface area contributed by atoms with Crippen LogP contribution in [0.4, 0.5) is 4.39 Å². The van der Waals surface area contributed by atoms with Gasteiger partial charge in [-0.15, -0.1) is 0 Å². The van der Waals surface area contributed by atoms with Crippen LogP contribution in [0.1, 0.15) is 51.0 Å². The number of amides is 1. The average molecular weight is 349 g/mol. The maximum Gasteiger partial charge on any atom is 0.228 e. The number of carbonyl (C=O) groups excluding carboxylic acids is 1. The summed E-state index contributed by atoms with van der Waals surface area (Å²) in [4.78, 5) is 14.3. The molecule has 0 radical (unpaired) electrons. The zero-order valence-corrected chi connectivity index (χ0v) is 15.2. The number of ether oxygens (including phenoxy) is 2. The monoisotopic (exact) mass is 349 g/mol. The minimum atomic E-state index is -0.294. The highest BCUT2D eigenvalue weighted by Crippen LogP contribution is 2.48. The van der Waals surface area contributed by atoms with Crippen molar-refractivity contribution in [2.75, 3.05) is 32.9 Å². The Morgan fingerprint density at radius 2 is 2.00 bits per heavy atom. The van der Waals surface area contributed by atoms with Crippen molar-refractivity contribution in [3.63, 3.8) is 0 Å². The molecular weight excluding hydrogens is 321 g/mol. The molecule has 1 aliphatic carbocycles. The Balaban J connectivity index is 1.36. The van der Waals surface area contributed by atoms with E-state index in [9.17, 15) is 9.18 Å². The molecule has 0 atom stereocenters. The van der Waals surface area contributed by atoms with Crippen LogP contribution in [0.25, 0.3) is 0 Å². The summed E-state index contributed by atoms with van der Waals surface area (Å²) in [5.74, 6) is 0.884. The molecule has 0 aromatic heterocycles. The SMILES string of the molecule is CC(C)c1ccc(F)cc1OCCOCCN1CCC2(CCC2)C1=O. The molecule has 1 saturated carbocycles. The molecular formula is C20H28FNO3. The van der Waals surface area contributed by atoms with Crippen molar-refractivity contribution in [1.29, 1.82) is 0 Å². The lowest BCUT2D eigenvalue weighted by atomic mass is 9.68. The average Bonchev–Trinajstić information content (AvgIpc) is 2.87. The maximum absolute atomic E-state index is 13.4. The van der Waals surface area contributed by atoms with Gasteiger partial charge in [0.1, 0.15) is 18.2 Å². The first-order valence-corrected chi connectivity index (χ1v) is 9.31. The van der Waals surface area contributed by atoms with Gasteiger partial charge in [-0.05, 0) is 36.8 Å². The molecule has 0 bridgehead atoms. The Morgan fingerprint density at radius 3 is 2.64 bits per heavy atom. The van der Waals surface area contributed by atoms with Crippen LogP contribution in [0.3, 0.4) is 0 Å². The van der Waals surface area contributed by atoms with E-state index in [1.54, 1.807) is 6.07 Å². The van der Waals surface area contributed by atoms with Crippen LogP contribution in [0.2, 0.25) is 0 Å². The molecule has 1 aromatic carbocycles. The molecule has 1 spiro atoms. The highest BCUT2D eigenvalue weighted by Gasteiger charge is 2.50. The number of benzene rings is 1. The smallest absolute Gasteiger partial charge is 0.228 e. The molecule has 1 aromatic rings. The van der Waals surface area contributed by atoms with Crippen molar-refractivity contribution in [3.8, 4) is 5.75 Å². The summed E-state index contributed by atoms with van der Waals surface area (Å²) in [6, 6.07) is 4.66. The van der Waals surface area contributed by atoms with Crippen LogP contribution in [0.15, 0.2) is 18.2 Å². The quantitative estimate of drug-likeness (QED) is 0.671. The van der Waals surface area contributed by atoms with E-state index in [4.69, 9.17) is 9.47 Å². The molecule has 1 amide bonds. The predicted octanol–water partition coefficient (Wildman–Crippen LogP) is 3.75. The van der Waals surface area contributed by atoms with E-state index in [0.29, 0.717) is 38.0 Å². The summed E-state index contributed by atoms with van der Waals surface area (Å²) in [7, 11) is 0. The second kappa shape index (κ2) is 7.73. The number of halogens is 1. The first-order chi connectivity index (χ1) is 12.0. The first kappa shape index (κ1) is 18.2. The highest BCUT2D eigenvalue weighted by molar-refractivity contribution is 5.85. The lowest BCUT2D eigenvalue weighted by Crippen LogP contribution is -2.40. The fourth-order valence-corrected chi connectivity index (χ4v) is 3.77. The van der Waals surface area contributed by atoms with Gasteiger partial charge in [0.15, 0.2) is 0 Å². The van der Waals surface area contributed by atoms with E-state index in [1.807, 2.05) is 4.90 Å². The number of hydrogen-bond donors (Lipinski definition) is 0. The fourth-order valence-electron chi connectivity index (χ4n) is 3.77. The molecule has 0 unspecified atom stereocenters. The van der Waals surface area contributed by atoms with Gasteiger partial charge in [0.05, 0.1) is 18.6 Å². The molecule has 2 fully saturated rings. The zero-order chi connectivity index (χ0) is 17.9. The summed E-state index contributed by atoms with van der Waals surface area (Å²) in [5, 5.41) is 0. The van der Waals surface area contributed by atoms with E-state index in [-0.39, 0.29) is 17.2 Å². The van der Waals surface area contributed by atoms with E-state index < -0.39 is 0 Å². The van der Waals surface area contributed by atoms with Crippen LogP contribution in [-0.2, 0) is 9.53 Å². The minimum absolute atomic E-state index is 0.0201. The van der Waals surface area contributed by atoms with Gasteiger partial charge in [-0.1, -0.05) is 26.3 Å². The number of likely N-dealkylation sites (tertiary alicyclic amines) is 1. The number of nitrogens with zero attached hydrogens (tertiary/aromatic N) is 1. The Labute approximate surface area is 149 Å². The molecule has 0 N–H and O–H groups in total. The Bertz CT molecular complexity index is 613. The van der Waals surface area contributed by atoms with Gasteiger partial charge >= 0.3 is 0 Å². The normalized spacial score (nSPS) is 18.9. The first-order valence-electron chi connectivity index (χ1n) is 9.31.